The molecule has 1 aromatic carbocycles. The number of aromatic nitrogens is 4. The SMILES string of the molecule is CCCNc1ncnc2c1cnn2CCNS(=O)(=O)c1ccccc1[N+](=O)[O-]. The van der Waals surface area contributed by atoms with E-state index in [0.717, 1.165) is 24.4 Å². The number of fused-ring (bicyclic) bond motifs is 1. The minimum atomic E-state index is -4.04. The Morgan fingerprint density at radius 1 is 1.21 bits per heavy atom. The summed E-state index contributed by atoms with van der Waals surface area (Å²) in [6, 6.07) is 5.20. The number of sulfonamides is 1. The smallest absolute Gasteiger partial charge is 0.289 e. The van der Waals surface area contributed by atoms with Crippen LogP contribution >= 0.6 is 0 Å². The lowest BCUT2D eigenvalue weighted by Gasteiger charge is -2.08. The normalized spacial score (nSPS) is 11.6. The van der Waals surface area contributed by atoms with Crippen LogP contribution in [0, 0.1) is 10.1 Å². The molecule has 28 heavy (non-hydrogen) atoms. The molecule has 148 valence electrons. The third-order valence-electron chi connectivity index (χ3n) is 3.94. The number of anilines is 1. The quantitative estimate of drug-likeness (QED) is 0.403. The zero-order valence-corrected chi connectivity index (χ0v) is 15.9. The van der Waals surface area contributed by atoms with Crippen molar-refractivity contribution in [2.24, 2.45) is 0 Å². The van der Waals surface area contributed by atoms with Crippen LogP contribution < -0.4 is 10.0 Å². The molecular weight excluding hydrogens is 386 g/mol. The monoisotopic (exact) mass is 405 g/mol. The number of nitrogens with zero attached hydrogens (tertiary/aromatic N) is 5. The van der Waals surface area contributed by atoms with Crippen LogP contribution in [-0.2, 0) is 16.6 Å². The largest absolute Gasteiger partial charge is 0.369 e. The highest BCUT2D eigenvalue weighted by Crippen LogP contribution is 2.22. The fraction of sp³-hybridized carbons (Fsp3) is 0.312. The molecule has 0 amide bonds. The summed E-state index contributed by atoms with van der Waals surface area (Å²) in [5.74, 6) is 0.665. The first-order chi connectivity index (χ1) is 13.4. The van der Waals surface area contributed by atoms with Crippen molar-refractivity contribution < 1.29 is 13.3 Å². The lowest BCUT2D eigenvalue weighted by Crippen LogP contribution is -2.28. The Kier molecular flexibility index (Phi) is 5.80. The second-order valence-electron chi connectivity index (χ2n) is 5.88. The third kappa shape index (κ3) is 4.07. The van der Waals surface area contributed by atoms with Gasteiger partial charge in [-0.1, -0.05) is 19.1 Å². The number of nitro groups is 1. The highest BCUT2D eigenvalue weighted by atomic mass is 32.2. The lowest BCUT2D eigenvalue weighted by atomic mass is 10.3. The van der Waals surface area contributed by atoms with Gasteiger partial charge in [-0.3, -0.25) is 10.1 Å². The number of nitrogens with one attached hydrogen (secondary N) is 2. The maximum absolute atomic E-state index is 12.4. The van der Waals surface area contributed by atoms with Crippen LogP contribution in [0.3, 0.4) is 0 Å². The summed E-state index contributed by atoms with van der Waals surface area (Å²) in [6.07, 6.45) is 3.97. The molecule has 0 aliphatic carbocycles. The van der Waals surface area contributed by atoms with Gasteiger partial charge in [0.15, 0.2) is 10.5 Å². The van der Waals surface area contributed by atoms with Crippen molar-refractivity contribution in [1.82, 2.24) is 24.5 Å². The van der Waals surface area contributed by atoms with Crippen molar-refractivity contribution in [2.45, 2.75) is 24.8 Å². The van der Waals surface area contributed by atoms with E-state index >= 15 is 0 Å². The van der Waals surface area contributed by atoms with E-state index < -0.39 is 20.6 Å². The molecule has 11 nitrogen and oxygen atoms in total. The van der Waals surface area contributed by atoms with Crippen LogP contribution in [0.15, 0.2) is 41.7 Å². The van der Waals surface area contributed by atoms with Crippen LogP contribution in [0.5, 0.6) is 0 Å². The summed E-state index contributed by atoms with van der Waals surface area (Å²) in [7, 11) is -4.04. The number of rotatable bonds is 9. The molecule has 3 rings (SSSR count). The summed E-state index contributed by atoms with van der Waals surface area (Å²) < 4.78 is 28.8. The maximum atomic E-state index is 12.4. The minimum absolute atomic E-state index is 0.00706. The average molecular weight is 405 g/mol. The third-order valence-corrected chi connectivity index (χ3v) is 5.45. The molecule has 0 atom stereocenters. The zero-order valence-electron chi connectivity index (χ0n) is 15.1. The Hall–Kier alpha value is -3.12. The van der Waals surface area contributed by atoms with Crippen molar-refractivity contribution >= 4 is 32.6 Å². The molecule has 0 radical (unpaired) electrons. The molecular formula is C16H19N7O4S. The van der Waals surface area contributed by atoms with Gasteiger partial charge < -0.3 is 5.32 Å². The Labute approximate surface area is 161 Å². The molecule has 0 saturated heterocycles. The predicted molar refractivity (Wildman–Crippen MR) is 102 cm³/mol. The highest BCUT2D eigenvalue weighted by Gasteiger charge is 2.24. The van der Waals surface area contributed by atoms with E-state index in [2.05, 4.69) is 25.1 Å². The Morgan fingerprint density at radius 2 is 2.00 bits per heavy atom. The second kappa shape index (κ2) is 8.27. The molecule has 0 fully saturated rings. The van der Waals surface area contributed by atoms with Gasteiger partial charge in [0.2, 0.25) is 10.0 Å². The number of benzene rings is 1. The molecule has 12 heteroatoms. The summed E-state index contributed by atoms with van der Waals surface area (Å²) in [4.78, 5) is 18.4. The summed E-state index contributed by atoms with van der Waals surface area (Å²) in [5, 5.41) is 19.2. The van der Waals surface area contributed by atoms with Crippen LogP contribution in [0.4, 0.5) is 11.5 Å². The van der Waals surface area contributed by atoms with Crippen molar-refractivity contribution in [2.75, 3.05) is 18.4 Å². The predicted octanol–water partition coefficient (Wildman–Crippen LogP) is 1.53. The highest BCUT2D eigenvalue weighted by molar-refractivity contribution is 7.89. The average Bonchev–Trinajstić information content (AvgIpc) is 3.10. The van der Waals surface area contributed by atoms with Crippen molar-refractivity contribution in [1.29, 1.82) is 0 Å². The van der Waals surface area contributed by atoms with Gasteiger partial charge in [0.25, 0.3) is 5.69 Å². The van der Waals surface area contributed by atoms with Crippen LogP contribution in [0.2, 0.25) is 0 Å². The first kappa shape index (κ1) is 19.6. The van der Waals surface area contributed by atoms with Gasteiger partial charge in [-0.2, -0.15) is 5.10 Å². The Balaban J connectivity index is 1.74. The minimum Gasteiger partial charge on any atom is -0.369 e. The first-order valence-electron chi connectivity index (χ1n) is 8.57. The van der Waals surface area contributed by atoms with E-state index in [4.69, 9.17) is 0 Å². The fourth-order valence-electron chi connectivity index (χ4n) is 2.64. The van der Waals surface area contributed by atoms with Gasteiger partial charge in [0.05, 0.1) is 23.1 Å². The van der Waals surface area contributed by atoms with Gasteiger partial charge in [-0.15, -0.1) is 0 Å². The van der Waals surface area contributed by atoms with Crippen LogP contribution in [0.1, 0.15) is 13.3 Å². The number of hydrogen-bond donors (Lipinski definition) is 2. The van der Waals surface area contributed by atoms with Crippen LogP contribution in [-0.4, -0.2) is 46.2 Å². The standard InChI is InChI=1S/C16H19N7O4S/c1-2-7-17-15-12-10-20-22(16(12)19-11-18-15)9-8-21-28(26,27)14-6-4-3-5-13(14)23(24)25/h3-6,10-11,21H,2,7-9H2,1H3,(H,17,18,19). The molecule has 2 heterocycles. The van der Waals surface area contributed by atoms with Gasteiger partial charge in [-0.25, -0.2) is 27.8 Å². The number of hydrogen-bond acceptors (Lipinski definition) is 8. The van der Waals surface area contributed by atoms with E-state index in [9.17, 15) is 18.5 Å². The van der Waals surface area contributed by atoms with Gasteiger partial charge >= 0.3 is 0 Å². The fourth-order valence-corrected chi connectivity index (χ4v) is 3.83. The number of nitro benzene ring substituents is 1. The molecule has 0 aliphatic heterocycles. The van der Waals surface area contributed by atoms with E-state index in [1.54, 1.807) is 10.9 Å². The van der Waals surface area contributed by atoms with E-state index in [-0.39, 0.29) is 18.0 Å². The number of para-hydroxylation sites is 1. The van der Waals surface area contributed by atoms with Crippen LogP contribution in [0.25, 0.3) is 11.0 Å². The molecule has 2 N–H and O–H groups in total. The molecule has 0 spiro atoms. The van der Waals surface area contributed by atoms with Gasteiger partial charge in [-0.05, 0) is 12.5 Å². The molecule has 0 aliphatic rings. The van der Waals surface area contributed by atoms with E-state index in [1.807, 2.05) is 6.92 Å². The molecule has 0 unspecified atom stereocenters. The topological polar surface area (TPSA) is 145 Å². The van der Waals surface area contributed by atoms with Crippen molar-refractivity contribution in [3.8, 4) is 0 Å². The molecule has 0 saturated carbocycles. The molecule has 3 aromatic rings. The first-order valence-corrected chi connectivity index (χ1v) is 10.1. The maximum Gasteiger partial charge on any atom is 0.289 e. The van der Waals surface area contributed by atoms with Gasteiger partial charge in [0.1, 0.15) is 12.1 Å². The molecule has 0 bridgehead atoms. The Morgan fingerprint density at radius 3 is 2.75 bits per heavy atom. The van der Waals surface area contributed by atoms with Crippen molar-refractivity contribution in [3.63, 3.8) is 0 Å². The van der Waals surface area contributed by atoms with Gasteiger partial charge in [0, 0.05) is 19.2 Å². The van der Waals surface area contributed by atoms with E-state index in [0.29, 0.717) is 11.5 Å². The second-order valence-corrected chi connectivity index (χ2v) is 7.61. The van der Waals surface area contributed by atoms with Crippen molar-refractivity contribution in [3.05, 3.63) is 46.9 Å². The lowest BCUT2D eigenvalue weighted by molar-refractivity contribution is -0.387. The summed E-state index contributed by atoms with van der Waals surface area (Å²) >= 11 is 0. The zero-order chi connectivity index (χ0) is 20.1. The summed E-state index contributed by atoms with van der Waals surface area (Å²) in [6.45, 7) is 2.99. The Bertz CT molecular complexity index is 1100. The summed E-state index contributed by atoms with van der Waals surface area (Å²) in [5.41, 5.74) is 0.0948. The van der Waals surface area contributed by atoms with E-state index in [1.165, 1.54) is 24.5 Å². The molecule has 2 aromatic heterocycles.